The minimum atomic E-state index is -3.62. The van der Waals surface area contributed by atoms with Crippen molar-refractivity contribution < 1.29 is 21.6 Å². The molecule has 2 aromatic carbocycles. The number of halogens is 1. The van der Waals surface area contributed by atoms with E-state index in [2.05, 4.69) is 21.2 Å². The zero-order chi connectivity index (χ0) is 23.7. The Morgan fingerprint density at radius 2 is 1.56 bits per heavy atom. The Hall–Kier alpha value is -1.79. The zero-order valence-corrected chi connectivity index (χ0v) is 21.3. The second-order valence-electron chi connectivity index (χ2n) is 7.89. The van der Waals surface area contributed by atoms with E-state index in [4.69, 9.17) is 0 Å². The van der Waals surface area contributed by atoms with E-state index in [-0.39, 0.29) is 34.7 Å². The summed E-state index contributed by atoms with van der Waals surface area (Å²) < 4.78 is 53.8. The molecule has 1 saturated heterocycles. The van der Waals surface area contributed by atoms with Gasteiger partial charge in [0.15, 0.2) is 0 Å². The summed E-state index contributed by atoms with van der Waals surface area (Å²) in [6.07, 6.45) is 0.770. The lowest BCUT2D eigenvalue weighted by molar-refractivity contribution is -0.120. The molecule has 0 unspecified atom stereocenters. The normalized spacial score (nSPS) is 16.3. The van der Waals surface area contributed by atoms with Crippen LogP contribution in [0, 0.1) is 12.8 Å². The molecule has 11 heteroatoms. The van der Waals surface area contributed by atoms with Crippen molar-refractivity contribution >= 4 is 47.6 Å². The minimum absolute atomic E-state index is 0.0961. The molecule has 3 rings (SSSR count). The number of hydrogen-bond acceptors (Lipinski definition) is 5. The van der Waals surface area contributed by atoms with Crippen molar-refractivity contribution in [1.82, 2.24) is 8.61 Å². The third kappa shape index (κ3) is 5.23. The van der Waals surface area contributed by atoms with Crippen molar-refractivity contribution in [3.05, 3.63) is 52.5 Å². The van der Waals surface area contributed by atoms with Crippen LogP contribution in [0.5, 0.6) is 0 Å². The van der Waals surface area contributed by atoms with Crippen molar-refractivity contribution in [2.75, 3.05) is 32.5 Å². The summed E-state index contributed by atoms with van der Waals surface area (Å²) in [5.41, 5.74) is 1.18. The number of carbonyl (C=O) groups is 1. The maximum absolute atomic E-state index is 12.8. The van der Waals surface area contributed by atoms with E-state index in [1.807, 2.05) is 0 Å². The molecule has 1 N–H and O–H groups in total. The van der Waals surface area contributed by atoms with Gasteiger partial charge in [0, 0.05) is 43.3 Å². The van der Waals surface area contributed by atoms with Gasteiger partial charge in [0.2, 0.25) is 26.0 Å². The van der Waals surface area contributed by atoms with Gasteiger partial charge in [0.25, 0.3) is 0 Å². The predicted molar refractivity (Wildman–Crippen MR) is 126 cm³/mol. The molecule has 2 aromatic rings. The monoisotopic (exact) mass is 543 g/mol. The molecule has 0 atom stereocenters. The van der Waals surface area contributed by atoms with E-state index in [1.54, 1.807) is 37.3 Å². The highest BCUT2D eigenvalue weighted by Crippen LogP contribution is 2.27. The van der Waals surface area contributed by atoms with Crippen molar-refractivity contribution in [3.8, 4) is 0 Å². The van der Waals surface area contributed by atoms with Gasteiger partial charge in [-0.25, -0.2) is 21.1 Å². The van der Waals surface area contributed by atoms with Crippen LogP contribution in [0.4, 0.5) is 5.69 Å². The number of nitrogens with zero attached hydrogens (tertiary/aromatic N) is 2. The number of carbonyl (C=O) groups excluding carboxylic acids is 1. The lowest BCUT2D eigenvalue weighted by Gasteiger charge is -2.30. The van der Waals surface area contributed by atoms with Crippen LogP contribution in [0.25, 0.3) is 0 Å². The average molecular weight is 544 g/mol. The van der Waals surface area contributed by atoms with Gasteiger partial charge in [0.1, 0.15) is 0 Å². The van der Waals surface area contributed by atoms with E-state index >= 15 is 0 Å². The number of piperidine rings is 1. The average Bonchev–Trinajstić information content (AvgIpc) is 2.75. The number of benzene rings is 2. The molecule has 1 aliphatic rings. The Morgan fingerprint density at radius 1 is 1.00 bits per heavy atom. The quantitative estimate of drug-likeness (QED) is 0.602. The summed E-state index contributed by atoms with van der Waals surface area (Å²) in [7, 11) is -4.34. The molecular weight excluding hydrogens is 518 g/mol. The van der Waals surface area contributed by atoms with Gasteiger partial charge in [-0.05, 0) is 61.7 Å². The van der Waals surface area contributed by atoms with Crippen molar-refractivity contribution in [2.45, 2.75) is 29.6 Å². The van der Waals surface area contributed by atoms with Gasteiger partial charge in [-0.1, -0.05) is 22.0 Å². The fraction of sp³-hybridized carbons (Fsp3) is 0.381. The molecule has 0 saturated carbocycles. The molecule has 8 nitrogen and oxygen atoms in total. The Balaban J connectivity index is 1.68. The summed E-state index contributed by atoms with van der Waals surface area (Å²) in [5.74, 6) is -0.604. The fourth-order valence-electron chi connectivity index (χ4n) is 3.46. The number of hydrogen-bond donors (Lipinski definition) is 1. The molecule has 0 bridgehead atoms. The Bertz CT molecular complexity index is 1200. The standard InChI is InChI=1S/C21H26BrN3O5S2/c1-15-4-7-19(31(27,28)24(2)3)14-20(15)23-21(26)16-10-12-25(13-11-16)32(29,30)18-8-5-17(22)6-9-18/h4-9,14,16H,10-13H2,1-3H3,(H,23,26). The smallest absolute Gasteiger partial charge is 0.243 e. The topological polar surface area (TPSA) is 104 Å². The second kappa shape index (κ2) is 9.60. The van der Waals surface area contributed by atoms with E-state index in [1.165, 1.54) is 30.5 Å². The minimum Gasteiger partial charge on any atom is -0.326 e. The number of nitrogens with one attached hydrogen (secondary N) is 1. The molecule has 1 amide bonds. The van der Waals surface area contributed by atoms with E-state index < -0.39 is 20.0 Å². The number of sulfonamides is 2. The number of amides is 1. The largest absolute Gasteiger partial charge is 0.326 e. The summed E-state index contributed by atoms with van der Waals surface area (Å²) in [5, 5.41) is 2.83. The lowest BCUT2D eigenvalue weighted by atomic mass is 9.97. The summed E-state index contributed by atoms with van der Waals surface area (Å²) in [6.45, 7) is 2.27. The highest BCUT2D eigenvalue weighted by Gasteiger charge is 2.32. The van der Waals surface area contributed by atoms with Crippen LogP contribution in [0.2, 0.25) is 0 Å². The Labute approximate surface area is 197 Å². The molecule has 0 aliphatic carbocycles. The molecule has 0 radical (unpaired) electrons. The van der Waals surface area contributed by atoms with Crippen molar-refractivity contribution in [2.24, 2.45) is 5.92 Å². The first-order valence-corrected chi connectivity index (χ1v) is 13.7. The van der Waals surface area contributed by atoms with Gasteiger partial charge in [-0.3, -0.25) is 4.79 Å². The molecule has 1 aliphatic heterocycles. The third-order valence-electron chi connectivity index (χ3n) is 5.52. The molecular formula is C21H26BrN3O5S2. The highest BCUT2D eigenvalue weighted by atomic mass is 79.9. The van der Waals surface area contributed by atoms with Gasteiger partial charge < -0.3 is 5.32 Å². The van der Waals surface area contributed by atoms with Crippen LogP contribution in [0.3, 0.4) is 0 Å². The molecule has 32 heavy (non-hydrogen) atoms. The Kier molecular flexibility index (Phi) is 7.45. The maximum atomic E-state index is 12.8. The van der Waals surface area contributed by atoms with Crippen LogP contribution in [-0.4, -0.2) is 58.5 Å². The van der Waals surface area contributed by atoms with Crippen molar-refractivity contribution in [3.63, 3.8) is 0 Å². The third-order valence-corrected chi connectivity index (χ3v) is 9.77. The van der Waals surface area contributed by atoms with E-state index in [0.717, 1.165) is 14.3 Å². The summed E-state index contributed by atoms with van der Waals surface area (Å²) in [4.78, 5) is 13.2. The Morgan fingerprint density at radius 3 is 2.12 bits per heavy atom. The number of anilines is 1. The number of aryl methyl sites for hydroxylation is 1. The maximum Gasteiger partial charge on any atom is 0.243 e. The zero-order valence-electron chi connectivity index (χ0n) is 18.1. The van der Waals surface area contributed by atoms with Crippen LogP contribution >= 0.6 is 15.9 Å². The molecule has 0 aromatic heterocycles. The highest BCUT2D eigenvalue weighted by molar-refractivity contribution is 9.10. The van der Waals surface area contributed by atoms with Gasteiger partial charge in [-0.15, -0.1) is 0 Å². The first-order chi connectivity index (χ1) is 14.9. The second-order valence-corrected chi connectivity index (χ2v) is 12.9. The fourth-order valence-corrected chi connectivity index (χ4v) is 6.12. The lowest BCUT2D eigenvalue weighted by Crippen LogP contribution is -2.41. The van der Waals surface area contributed by atoms with Gasteiger partial charge >= 0.3 is 0 Å². The molecule has 1 fully saturated rings. The summed E-state index contributed by atoms with van der Waals surface area (Å²) in [6, 6.07) is 11.1. The number of rotatable bonds is 6. The SMILES string of the molecule is Cc1ccc(S(=O)(=O)N(C)C)cc1NC(=O)C1CCN(S(=O)(=O)c2ccc(Br)cc2)CC1. The van der Waals surface area contributed by atoms with Crippen LogP contribution in [0.1, 0.15) is 18.4 Å². The molecule has 174 valence electrons. The first kappa shape index (κ1) is 24.8. The van der Waals surface area contributed by atoms with Gasteiger partial charge in [0.05, 0.1) is 9.79 Å². The van der Waals surface area contributed by atoms with Crippen molar-refractivity contribution in [1.29, 1.82) is 0 Å². The van der Waals surface area contributed by atoms with E-state index in [9.17, 15) is 21.6 Å². The van der Waals surface area contributed by atoms with Crippen LogP contribution in [-0.2, 0) is 24.8 Å². The van der Waals surface area contributed by atoms with Gasteiger partial charge in [-0.2, -0.15) is 4.31 Å². The molecule has 1 heterocycles. The van der Waals surface area contributed by atoms with Crippen LogP contribution < -0.4 is 5.32 Å². The van der Waals surface area contributed by atoms with Crippen LogP contribution in [0.15, 0.2) is 56.7 Å². The predicted octanol–water partition coefficient (Wildman–Crippen LogP) is 3.05. The first-order valence-electron chi connectivity index (χ1n) is 10.0. The van der Waals surface area contributed by atoms with E-state index in [0.29, 0.717) is 18.5 Å². The summed E-state index contributed by atoms with van der Waals surface area (Å²) >= 11 is 3.30. The molecule has 0 spiro atoms.